The number of phenolic OH excluding ortho intramolecular Hbond substituents is 1. The van der Waals surface area contributed by atoms with Gasteiger partial charge in [-0.05, 0) is 53.5 Å². The maximum absolute atomic E-state index is 13.8. The molecule has 406 valence electrons. The summed E-state index contributed by atoms with van der Waals surface area (Å²) in [5, 5.41) is 68.7. The van der Waals surface area contributed by atoms with Crippen LogP contribution in [0.1, 0.15) is 71.9 Å². The first kappa shape index (κ1) is 60.7. The van der Waals surface area contributed by atoms with E-state index in [4.69, 9.17) is 5.73 Å². The quantitative estimate of drug-likeness (QED) is 0.0337. The molecule has 10 atom stereocenters. The summed E-state index contributed by atoms with van der Waals surface area (Å²) in [7, 11) is 0. The molecule has 1 heterocycles. The average Bonchev–Trinajstić information content (AvgIpc) is 3.77. The number of amides is 8. The fourth-order valence-electron chi connectivity index (χ4n) is 7.50. The average molecular weight is 1040 g/mol. The predicted molar refractivity (Wildman–Crippen MR) is 266 cm³/mol. The van der Waals surface area contributed by atoms with Crippen LogP contribution < -0.4 is 48.3 Å². The van der Waals surface area contributed by atoms with Crippen molar-refractivity contribution < 1.29 is 73.5 Å². The van der Waals surface area contributed by atoms with E-state index < -0.39 is 151 Å². The molecule has 3 aromatic rings. The maximum atomic E-state index is 13.8. The van der Waals surface area contributed by atoms with Gasteiger partial charge in [0.15, 0.2) is 0 Å². The number of phenols is 1. The molecule has 3 rings (SSSR count). The number of carboxylic acids is 2. The summed E-state index contributed by atoms with van der Waals surface area (Å²) in [4.78, 5) is 134. The van der Waals surface area contributed by atoms with Gasteiger partial charge >= 0.3 is 11.9 Å². The molecule has 74 heavy (non-hydrogen) atoms. The van der Waals surface area contributed by atoms with Gasteiger partial charge in [-0.1, -0.05) is 84.7 Å². The standard InChI is InChI=1S/C49H70N10O15/c1-7-25(5)40(59-48(72)41(26(6)8-2)58-42(66)31(50)17-27-13-15-29(62)16-14-27)47(71)56-35(22-60)43(67)52-21-37(63)53-34(19-38(64)65)44(68)55-36(23-61)46(70)54-33(45(69)57-39(24(3)4)49(73)74)18-28-20-51-32-12-10-9-11-30(28)32/h9-16,20,24-26,31,33-36,39-41,51,60-62H,7-8,17-19,21-23,50H2,1-6H3,(H,52,67)(H,53,63)(H,54,70)(H,55,68)(H,56,71)(H,57,69)(H,58,66)(H,59,72)(H,64,65)(H,73,74)/t25-,26-,31-,33-,34-,35-,36-,39-,40-,41-/m0/s1. The van der Waals surface area contributed by atoms with Crippen LogP contribution in [-0.4, -0.2) is 158 Å². The number of hydrogen-bond acceptors (Lipinski definition) is 14. The van der Waals surface area contributed by atoms with Gasteiger partial charge in [0.1, 0.15) is 48.0 Å². The Balaban J connectivity index is 1.68. The van der Waals surface area contributed by atoms with Gasteiger partial charge in [0.05, 0.1) is 32.2 Å². The molecule has 0 aliphatic rings. The van der Waals surface area contributed by atoms with E-state index >= 15 is 0 Å². The number of aliphatic carboxylic acids is 2. The first-order valence-corrected chi connectivity index (χ1v) is 24.1. The highest BCUT2D eigenvalue weighted by Gasteiger charge is 2.36. The summed E-state index contributed by atoms with van der Waals surface area (Å²) >= 11 is 0. The second-order valence-corrected chi connectivity index (χ2v) is 18.3. The van der Waals surface area contributed by atoms with Gasteiger partial charge in [-0.3, -0.25) is 43.2 Å². The van der Waals surface area contributed by atoms with Crippen LogP contribution in [0.4, 0.5) is 0 Å². The molecule has 0 unspecified atom stereocenters. The summed E-state index contributed by atoms with van der Waals surface area (Å²) in [6, 6.07) is 1.28. The molecule has 2 aromatic carbocycles. The number of fused-ring (bicyclic) bond motifs is 1. The van der Waals surface area contributed by atoms with E-state index in [9.17, 15) is 73.5 Å². The van der Waals surface area contributed by atoms with Crippen molar-refractivity contribution in [3.63, 3.8) is 0 Å². The monoisotopic (exact) mass is 1040 g/mol. The Kier molecular flexibility index (Phi) is 23.9. The number of nitrogens with one attached hydrogen (secondary N) is 9. The van der Waals surface area contributed by atoms with Crippen molar-refractivity contribution in [1.29, 1.82) is 0 Å². The van der Waals surface area contributed by atoms with Crippen LogP contribution in [0.15, 0.2) is 54.7 Å². The molecule has 0 radical (unpaired) electrons. The number of rotatable bonds is 30. The highest BCUT2D eigenvalue weighted by Crippen LogP contribution is 2.20. The minimum absolute atomic E-state index is 0.0281. The molecule has 0 bridgehead atoms. The predicted octanol–water partition coefficient (Wildman–Crippen LogP) is -2.21. The van der Waals surface area contributed by atoms with Crippen LogP contribution in [0.25, 0.3) is 10.9 Å². The Morgan fingerprint density at radius 1 is 0.581 bits per heavy atom. The van der Waals surface area contributed by atoms with Gasteiger partial charge in [-0.15, -0.1) is 0 Å². The van der Waals surface area contributed by atoms with E-state index in [2.05, 4.69) is 47.5 Å². The fourth-order valence-corrected chi connectivity index (χ4v) is 7.50. The number of aromatic nitrogens is 1. The lowest BCUT2D eigenvalue weighted by molar-refractivity contribution is -0.143. The van der Waals surface area contributed by atoms with E-state index in [1.54, 1.807) is 84.1 Å². The van der Waals surface area contributed by atoms with E-state index in [0.717, 1.165) is 0 Å². The number of aromatic hydroxyl groups is 1. The van der Waals surface area contributed by atoms with Gasteiger partial charge in [-0.2, -0.15) is 0 Å². The summed E-state index contributed by atoms with van der Waals surface area (Å²) in [6.45, 7) is 6.96. The van der Waals surface area contributed by atoms with Crippen LogP contribution in [-0.2, 0) is 60.8 Å². The number of aliphatic hydroxyl groups excluding tert-OH is 2. The summed E-state index contributed by atoms with van der Waals surface area (Å²) < 4.78 is 0. The lowest BCUT2D eigenvalue weighted by Crippen LogP contribution is -2.61. The molecule has 0 saturated heterocycles. The topological polar surface area (TPSA) is 410 Å². The number of carboxylic acid groups (broad SMARTS) is 2. The smallest absolute Gasteiger partial charge is 0.326 e. The van der Waals surface area contributed by atoms with Crippen molar-refractivity contribution in [2.45, 2.75) is 122 Å². The minimum Gasteiger partial charge on any atom is -0.508 e. The number of aliphatic hydroxyl groups is 2. The molecular formula is C49H70N10O15. The van der Waals surface area contributed by atoms with Crippen molar-refractivity contribution in [2.24, 2.45) is 23.5 Å². The zero-order valence-corrected chi connectivity index (χ0v) is 42.1. The molecule has 0 spiro atoms. The molecule has 25 nitrogen and oxygen atoms in total. The summed E-state index contributed by atoms with van der Waals surface area (Å²) in [6.07, 6.45) is 1.21. The number of carbonyl (C=O) groups excluding carboxylic acids is 8. The van der Waals surface area contributed by atoms with Gasteiger partial charge in [0.2, 0.25) is 47.3 Å². The molecule has 0 saturated carbocycles. The minimum atomic E-state index is -1.92. The Morgan fingerprint density at radius 3 is 1.64 bits per heavy atom. The number of carbonyl (C=O) groups is 10. The van der Waals surface area contributed by atoms with Crippen molar-refractivity contribution >= 4 is 70.1 Å². The fraction of sp³-hybridized carbons (Fsp3) is 0.510. The van der Waals surface area contributed by atoms with E-state index in [1.165, 1.54) is 12.1 Å². The van der Waals surface area contributed by atoms with Crippen LogP contribution >= 0.6 is 0 Å². The first-order valence-electron chi connectivity index (χ1n) is 24.1. The zero-order valence-electron chi connectivity index (χ0n) is 42.1. The lowest BCUT2D eigenvalue weighted by atomic mass is 9.94. The Morgan fingerprint density at radius 2 is 1.08 bits per heavy atom. The third-order valence-corrected chi connectivity index (χ3v) is 12.4. The van der Waals surface area contributed by atoms with Gasteiger partial charge in [-0.25, -0.2) is 4.79 Å². The summed E-state index contributed by atoms with van der Waals surface area (Å²) in [5.74, 6) is -12.3. The second-order valence-electron chi connectivity index (χ2n) is 18.3. The normalized spacial score (nSPS) is 15.3. The highest BCUT2D eigenvalue weighted by atomic mass is 16.4. The molecule has 0 fully saturated rings. The molecule has 0 aliphatic carbocycles. The zero-order chi connectivity index (χ0) is 55.4. The largest absolute Gasteiger partial charge is 0.508 e. The third-order valence-electron chi connectivity index (χ3n) is 12.4. The van der Waals surface area contributed by atoms with Crippen LogP contribution in [0.5, 0.6) is 5.75 Å². The van der Waals surface area contributed by atoms with Crippen molar-refractivity contribution in [3.05, 3.63) is 65.9 Å². The maximum Gasteiger partial charge on any atom is 0.326 e. The Bertz CT molecular complexity index is 2450. The van der Waals surface area contributed by atoms with Gasteiger partial charge in [0.25, 0.3) is 0 Å². The Labute approximate surface area is 426 Å². The second kappa shape index (κ2) is 29.2. The highest BCUT2D eigenvalue weighted by molar-refractivity contribution is 5.98. The summed E-state index contributed by atoms with van der Waals surface area (Å²) in [5.41, 5.74) is 8.05. The van der Waals surface area contributed by atoms with Gasteiger partial charge in [0, 0.05) is 23.5 Å². The van der Waals surface area contributed by atoms with E-state index in [-0.39, 0.29) is 18.6 Å². The number of H-pyrrole nitrogens is 1. The molecule has 16 N–H and O–H groups in total. The molecular weight excluding hydrogens is 969 g/mol. The number of benzene rings is 2. The molecule has 1 aromatic heterocycles. The van der Waals surface area contributed by atoms with Crippen molar-refractivity contribution in [2.75, 3.05) is 19.8 Å². The lowest BCUT2D eigenvalue weighted by Gasteiger charge is -2.30. The molecule has 0 aliphatic heterocycles. The van der Waals surface area contributed by atoms with Crippen molar-refractivity contribution in [1.82, 2.24) is 47.5 Å². The van der Waals surface area contributed by atoms with E-state index in [0.29, 0.717) is 34.9 Å². The first-order chi connectivity index (χ1) is 34.9. The van der Waals surface area contributed by atoms with E-state index in [1.807, 2.05) is 0 Å². The van der Waals surface area contributed by atoms with Crippen LogP contribution in [0.3, 0.4) is 0 Å². The molecule has 25 heteroatoms. The van der Waals surface area contributed by atoms with Crippen LogP contribution in [0, 0.1) is 17.8 Å². The van der Waals surface area contributed by atoms with Crippen molar-refractivity contribution in [3.8, 4) is 5.75 Å². The Hall–Kier alpha value is -7.64. The third kappa shape index (κ3) is 18.1. The van der Waals surface area contributed by atoms with Crippen LogP contribution in [0.2, 0.25) is 0 Å². The number of para-hydroxylation sites is 1. The van der Waals surface area contributed by atoms with Gasteiger partial charge < -0.3 is 78.8 Å². The number of hydrogen-bond donors (Lipinski definition) is 15. The SMILES string of the molecule is CC[C@H](C)[C@H](NC(=O)[C@@H](NC(=O)[C@@H](N)Cc1ccc(O)cc1)[C@@H](C)CC)C(=O)N[C@@H](CO)C(=O)NCC(=O)N[C@@H](CC(=O)O)C(=O)N[C@@H](CO)C(=O)N[C@@H](Cc1c[nH]c2ccccc12)C(=O)N[C@H](C(=O)O)C(C)C. The molecule has 8 amide bonds. The number of nitrogens with two attached hydrogens (primary N) is 1. The number of aromatic amines is 1.